The van der Waals surface area contributed by atoms with Gasteiger partial charge in [-0.3, -0.25) is 0 Å². The molecule has 1 aliphatic carbocycles. The van der Waals surface area contributed by atoms with Gasteiger partial charge < -0.3 is 5.11 Å². The van der Waals surface area contributed by atoms with Crippen molar-refractivity contribution < 1.29 is 5.11 Å². The first kappa shape index (κ1) is 8.41. The zero-order chi connectivity index (χ0) is 7.40. The molecule has 60 valence electrons. The van der Waals surface area contributed by atoms with Gasteiger partial charge in [0.15, 0.2) is 0 Å². The monoisotopic (exact) mass is 160 g/mol. The molecule has 1 fully saturated rings. The normalized spacial score (nSPS) is 34.2. The molecule has 2 atom stereocenters. The third kappa shape index (κ3) is 2.17. The Labute approximate surface area is 67.2 Å². The summed E-state index contributed by atoms with van der Waals surface area (Å²) < 4.78 is 0. The SMILES string of the molecule is CSCC1CCCCC1O. The maximum Gasteiger partial charge on any atom is 0.0576 e. The molecule has 0 aliphatic heterocycles. The van der Waals surface area contributed by atoms with Crippen LogP contribution in [0.25, 0.3) is 0 Å². The van der Waals surface area contributed by atoms with Crippen LogP contribution in [0.1, 0.15) is 25.7 Å². The Morgan fingerprint density at radius 3 is 2.70 bits per heavy atom. The van der Waals surface area contributed by atoms with E-state index in [0.717, 1.165) is 12.2 Å². The van der Waals surface area contributed by atoms with E-state index in [4.69, 9.17) is 0 Å². The lowest BCUT2D eigenvalue weighted by Gasteiger charge is -2.26. The molecule has 1 nitrogen and oxygen atoms in total. The van der Waals surface area contributed by atoms with Gasteiger partial charge in [-0.05, 0) is 30.8 Å². The summed E-state index contributed by atoms with van der Waals surface area (Å²) in [4.78, 5) is 0. The molecule has 0 amide bonds. The highest BCUT2D eigenvalue weighted by Crippen LogP contribution is 2.26. The van der Waals surface area contributed by atoms with E-state index in [-0.39, 0.29) is 6.10 Å². The van der Waals surface area contributed by atoms with E-state index in [1.807, 2.05) is 11.8 Å². The summed E-state index contributed by atoms with van der Waals surface area (Å²) >= 11 is 1.85. The second-order valence-corrected chi connectivity index (χ2v) is 3.98. The van der Waals surface area contributed by atoms with Crippen LogP contribution in [-0.2, 0) is 0 Å². The third-order valence-corrected chi connectivity index (χ3v) is 3.01. The standard InChI is InChI=1S/C8H16OS/c1-10-6-7-4-2-3-5-8(7)9/h7-9H,2-6H2,1H3. The summed E-state index contributed by atoms with van der Waals surface area (Å²) in [7, 11) is 0. The van der Waals surface area contributed by atoms with E-state index < -0.39 is 0 Å². The fourth-order valence-electron chi connectivity index (χ4n) is 1.60. The minimum absolute atomic E-state index is 0.00111. The van der Waals surface area contributed by atoms with Gasteiger partial charge in [0, 0.05) is 0 Å². The molecule has 1 aliphatic rings. The zero-order valence-corrected chi connectivity index (χ0v) is 7.36. The highest BCUT2D eigenvalue weighted by molar-refractivity contribution is 7.98. The molecule has 1 N–H and O–H groups in total. The predicted molar refractivity (Wildman–Crippen MR) is 46.3 cm³/mol. The van der Waals surface area contributed by atoms with E-state index in [1.165, 1.54) is 19.3 Å². The molecule has 2 heteroatoms. The number of thioether (sulfide) groups is 1. The van der Waals surface area contributed by atoms with Crippen molar-refractivity contribution in [2.75, 3.05) is 12.0 Å². The maximum atomic E-state index is 9.49. The molecule has 0 aromatic carbocycles. The fourth-order valence-corrected chi connectivity index (χ4v) is 2.41. The molecule has 1 saturated carbocycles. The van der Waals surface area contributed by atoms with Gasteiger partial charge in [-0.2, -0.15) is 11.8 Å². The third-order valence-electron chi connectivity index (χ3n) is 2.25. The summed E-state index contributed by atoms with van der Waals surface area (Å²) in [5.74, 6) is 1.73. The molecule has 0 bridgehead atoms. The van der Waals surface area contributed by atoms with Crippen molar-refractivity contribution >= 4 is 11.8 Å². The van der Waals surface area contributed by atoms with Crippen molar-refractivity contribution in [1.82, 2.24) is 0 Å². The molecular formula is C8H16OS. The molecule has 0 aromatic heterocycles. The summed E-state index contributed by atoms with van der Waals surface area (Å²) in [6.07, 6.45) is 6.93. The van der Waals surface area contributed by atoms with Gasteiger partial charge in [0.05, 0.1) is 6.10 Å². The molecule has 0 heterocycles. The average molecular weight is 160 g/mol. The Morgan fingerprint density at radius 2 is 2.10 bits per heavy atom. The van der Waals surface area contributed by atoms with Crippen molar-refractivity contribution in [3.05, 3.63) is 0 Å². The molecule has 0 aromatic rings. The van der Waals surface area contributed by atoms with Crippen LogP contribution in [-0.4, -0.2) is 23.2 Å². The Hall–Kier alpha value is 0.310. The van der Waals surface area contributed by atoms with Crippen LogP contribution in [0.4, 0.5) is 0 Å². The number of aliphatic hydroxyl groups is 1. The van der Waals surface area contributed by atoms with Crippen LogP contribution >= 0.6 is 11.8 Å². The van der Waals surface area contributed by atoms with Gasteiger partial charge in [0.1, 0.15) is 0 Å². The van der Waals surface area contributed by atoms with Crippen molar-refractivity contribution in [3.8, 4) is 0 Å². The van der Waals surface area contributed by atoms with Crippen molar-refractivity contribution in [3.63, 3.8) is 0 Å². The van der Waals surface area contributed by atoms with E-state index in [1.54, 1.807) is 0 Å². The molecule has 10 heavy (non-hydrogen) atoms. The van der Waals surface area contributed by atoms with E-state index >= 15 is 0 Å². The lowest BCUT2D eigenvalue weighted by Crippen LogP contribution is -2.25. The van der Waals surface area contributed by atoms with Crippen LogP contribution in [0.5, 0.6) is 0 Å². The summed E-state index contributed by atoms with van der Waals surface area (Å²) in [5, 5.41) is 9.49. The smallest absolute Gasteiger partial charge is 0.0576 e. The second kappa shape index (κ2) is 4.24. The fraction of sp³-hybridized carbons (Fsp3) is 1.00. The van der Waals surface area contributed by atoms with Crippen molar-refractivity contribution in [2.45, 2.75) is 31.8 Å². The van der Waals surface area contributed by atoms with Gasteiger partial charge in [-0.15, -0.1) is 0 Å². The van der Waals surface area contributed by atoms with Gasteiger partial charge in [0.25, 0.3) is 0 Å². The number of hydrogen-bond donors (Lipinski definition) is 1. The molecule has 0 radical (unpaired) electrons. The highest BCUT2D eigenvalue weighted by Gasteiger charge is 2.21. The first-order valence-corrected chi connectivity index (χ1v) is 5.41. The second-order valence-electron chi connectivity index (χ2n) is 3.07. The molecule has 1 rings (SSSR count). The summed E-state index contributed by atoms with van der Waals surface area (Å²) in [6.45, 7) is 0. The first-order chi connectivity index (χ1) is 4.84. The van der Waals surface area contributed by atoms with E-state index in [9.17, 15) is 5.11 Å². The van der Waals surface area contributed by atoms with Gasteiger partial charge in [-0.1, -0.05) is 12.8 Å². The number of hydrogen-bond acceptors (Lipinski definition) is 2. The predicted octanol–water partition coefficient (Wildman–Crippen LogP) is 1.90. The quantitative estimate of drug-likeness (QED) is 0.666. The molecule has 0 saturated heterocycles. The van der Waals surface area contributed by atoms with Gasteiger partial charge in [0.2, 0.25) is 0 Å². The zero-order valence-electron chi connectivity index (χ0n) is 6.55. The summed E-state index contributed by atoms with van der Waals surface area (Å²) in [6, 6.07) is 0. The lowest BCUT2D eigenvalue weighted by atomic mass is 9.88. The van der Waals surface area contributed by atoms with Crippen LogP contribution in [0.3, 0.4) is 0 Å². The molecule has 2 unspecified atom stereocenters. The van der Waals surface area contributed by atoms with Crippen LogP contribution in [0.15, 0.2) is 0 Å². The number of aliphatic hydroxyl groups excluding tert-OH is 1. The van der Waals surface area contributed by atoms with E-state index in [2.05, 4.69) is 6.26 Å². The van der Waals surface area contributed by atoms with Gasteiger partial charge >= 0.3 is 0 Å². The minimum Gasteiger partial charge on any atom is -0.393 e. The van der Waals surface area contributed by atoms with Crippen LogP contribution in [0, 0.1) is 5.92 Å². The van der Waals surface area contributed by atoms with Crippen molar-refractivity contribution in [2.24, 2.45) is 5.92 Å². The Bertz CT molecular complexity index is 93.3. The van der Waals surface area contributed by atoms with Crippen molar-refractivity contribution in [1.29, 1.82) is 0 Å². The van der Waals surface area contributed by atoms with Gasteiger partial charge in [-0.25, -0.2) is 0 Å². The Morgan fingerprint density at radius 1 is 1.40 bits per heavy atom. The Balaban J connectivity index is 2.25. The summed E-state index contributed by atoms with van der Waals surface area (Å²) in [5.41, 5.74) is 0. The Kier molecular flexibility index (Phi) is 3.57. The largest absolute Gasteiger partial charge is 0.393 e. The lowest BCUT2D eigenvalue weighted by molar-refractivity contribution is 0.0817. The van der Waals surface area contributed by atoms with E-state index in [0.29, 0.717) is 5.92 Å². The van der Waals surface area contributed by atoms with Crippen LogP contribution < -0.4 is 0 Å². The minimum atomic E-state index is 0.00111. The highest BCUT2D eigenvalue weighted by atomic mass is 32.2. The molecule has 0 spiro atoms. The first-order valence-electron chi connectivity index (χ1n) is 4.01. The average Bonchev–Trinajstić information content (AvgIpc) is 1.94. The molecular weight excluding hydrogens is 144 g/mol. The maximum absolute atomic E-state index is 9.49. The topological polar surface area (TPSA) is 20.2 Å². The van der Waals surface area contributed by atoms with Crippen LogP contribution in [0.2, 0.25) is 0 Å². The number of rotatable bonds is 2.